The number of carbonyl (C=O) groups is 2. The molecule has 4 nitrogen and oxygen atoms in total. The van der Waals surface area contributed by atoms with Crippen LogP contribution in [-0.4, -0.2) is 23.5 Å². The van der Waals surface area contributed by atoms with Crippen LogP contribution in [0.5, 0.6) is 0 Å². The van der Waals surface area contributed by atoms with E-state index in [9.17, 15) is 14.7 Å². The molecule has 0 bridgehead atoms. The van der Waals surface area contributed by atoms with E-state index in [1.54, 1.807) is 0 Å². The molecule has 0 radical (unpaired) electrons. The Kier molecular flexibility index (Phi) is 7.56. The van der Waals surface area contributed by atoms with Gasteiger partial charge in [-0.1, -0.05) is 42.7 Å². The average molecular weight is 361 g/mol. The van der Waals surface area contributed by atoms with Gasteiger partial charge in [-0.25, -0.2) is 4.79 Å². The fourth-order valence-electron chi connectivity index (χ4n) is 2.53. The number of ether oxygens (including phenoxy) is 1. The summed E-state index contributed by atoms with van der Waals surface area (Å²) in [4.78, 5) is 22.7. The molecular formula is C20H21ClO4. The van der Waals surface area contributed by atoms with Crippen LogP contribution >= 0.6 is 11.6 Å². The maximum atomic E-state index is 11.4. The van der Waals surface area contributed by atoms with E-state index < -0.39 is 11.8 Å². The number of cyclic esters (lactones) is 1. The van der Waals surface area contributed by atoms with Crippen molar-refractivity contribution in [1.82, 2.24) is 0 Å². The van der Waals surface area contributed by atoms with E-state index in [-0.39, 0.29) is 17.9 Å². The Labute approximate surface area is 152 Å². The van der Waals surface area contributed by atoms with E-state index in [4.69, 9.17) is 11.6 Å². The maximum Gasteiger partial charge on any atom is 0.345 e. The summed E-state index contributed by atoms with van der Waals surface area (Å²) in [7, 11) is 0. The number of halogens is 1. The van der Waals surface area contributed by atoms with Crippen LogP contribution in [0.15, 0.2) is 35.6 Å². The smallest absolute Gasteiger partial charge is 0.345 e. The van der Waals surface area contributed by atoms with Crippen molar-refractivity contribution < 1.29 is 19.4 Å². The van der Waals surface area contributed by atoms with E-state index >= 15 is 0 Å². The summed E-state index contributed by atoms with van der Waals surface area (Å²) in [6, 6.07) is 7.46. The highest BCUT2D eigenvalue weighted by Crippen LogP contribution is 2.18. The van der Waals surface area contributed by atoms with Crippen LogP contribution in [0, 0.1) is 11.8 Å². The number of benzene rings is 1. The minimum atomic E-state index is -0.707. The van der Waals surface area contributed by atoms with Crippen LogP contribution in [0.4, 0.5) is 0 Å². The van der Waals surface area contributed by atoms with Gasteiger partial charge in [-0.05, 0) is 37.1 Å². The van der Waals surface area contributed by atoms with Crippen molar-refractivity contribution in [3.8, 4) is 11.8 Å². The molecule has 0 spiro atoms. The number of aliphatic hydroxyl groups excluding tert-OH is 1. The van der Waals surface area contributed by atoms with Crippen molar-refractivity contribution in [2.75, 3.05) is 6.61 Å². The number of hydrogen-bond acceptors (Lipinski definition) is 4. The predicted molar refractivity (Wildman–Crippen MR) is 96.3 cm³/mol. The molecule has 0 saturated carbocycles. The van der Waals surface area contributed by atoms with E-state index in [1.807, 2.05) is 24.3 Å². The van der Waals surface area contributed by atoms with Gasteiger partial charge in [0.25, 0.3) is 0 Å². The van der Waals surface area contributed by atoms with Crippen LogP contribution in [0.1, 0.15) is 50.5 Å². The van der Waals surface area contributed by atoms with Crippen molar-refractivity contribution in [3.05, 3.63) is 46.2 Å². The maximum absolute atomic E-state index is 11.4. The van der Waals surface area contributed by atoms with Gasteiger partial charge in [0.2, 0.25) is 5.78 Å². The summed E-state index contributed by atoms with van der Waals surface area (Å²) in [6.45, 7) is -0.255. The molecule has 1 aromatic rings. The average Bonchev–Trinajstić information content (AvgIpc) is 2.93. The van der Waals surface area contributed by atoms with Gasteiger partial charge < -0.3 is 9.84 Å². The minimum absolute atomic E-state index is 0.138. The highest BCUT2D eigenvalue weighted by atomic mass is 35.5. The molecule has 2 rings (SSSR count). The highest BCUT2D eigenvalue weighted by molar-refractivity contribution is 6.30. The molecule has 25 heavy (non-hydrogen) atoms. The Morgan fingerprint density at radius 3 is 2.44 bits per heavy atom. The second kappa shape index (κ2) is 9.90. The molecule has 132 valence electrons. The van der Waals surface area contributed by atoms with Crippen molar-refractivity contribution in [3.63, 3.8) is 0 Å². The Morgan fingerprint density at radius 1 is 1.08 bits per heavy atom. The number of unbranched alkanes of at least 4 members (excludes halogenated alkanes) is 5. The Bertz CT molecular complexity index is 689. The zero-order valence-corrected chi connectivity index (χ0v) is 14.8. The number of allylic oxidation sites excluding steroid dienone is 1. The number of rotatable bonds is 7. The standard InChI is InChI=1S/C20H21ClO4/c21-16-12-10-15(11-13-16)8-6-4-2-1-3-5-7-9-17(22)19-18(23)14-25-20(19)24/h10-13,22H,1-5,7,9,14H2. The number of hydrogen-bond donors (Lipinski definition) is 1. The van der Waals surface area contributed by atoms with Crippen LogP contribution in [0.2, 0.25) is 5.02 Å². The number of Topliss-reactive ketones (excluding diaryl/α,β-unsaturated/α-hetero) is 1. The molecule has 0 aromatic heterocycles. The Hall–Kier alpha value is -2.25. The third kappa shape index (κ3) is 6.28. The first-order valence-electron chi connectivity index (χ1n) is 8.45. The molecule has 1 aliphatic rings. The summed E-state index contributed by atoms with van der Waals surface area (Å²) in [5.41, 5.74) is 0.797. The molecule has 1 fully saturated rings. The zero-order chi connectivity index (χ0) is 18.1. The lowest BCUT2D eigenvalue weighted by molar-refractivity contribution is -0.135. The second-order valence-electron chi connectivity index (χ2n) is 5.90. The fraction of sp³-hybridized carbons (Fsp3) is 0.400. The molecule has 0 atom stereocenters. The third-order valence-corrected chi connectivity index (χ3v) is 4.15. The SMILES string of the molecule is O=C1COC(=O)C1=C(O)CCCCCCCC#Cc1ccc(Cl)cc1. The van der Waals surface area contributed by atoms with Crippen molar-refractivity contribution in [1.29, 1.82) is 0 Å². The summed E-state index contributed by atoms with van der Waals surface area (Å²) < 4.78 is 4.59. The van der Waals surface area contributed by atoms with Crippen LogP contribution in [-0.2, 0) is 14.3 Å². The number of carbonyl (C=O) groups excluding carboxylic acids is 2. The van der Waals surface area contributed by atoms with Crippen LogP contribution in [0.25, 0.3) is 0 Å². The third-order valence-electron chi connectivity index (χ3n) is 3.90. The lowest BCUT2D eigenvalue weighted by Crippen LogP contribution is -2.05. The molecular weight excluding hydrogens is 340 g/mol. The Balaban J connectivity index is 1.57. The largest absolute Gasteiger partial charge is 0.511 e. The van der Waals surface area contributed by atoms with E-state index in [0.29, 0.717) is 11.4 Å². The highest BCUT2D eigenvalue weighted by Gasteiger charge is 2.31. The number of aliphatic hydroxyl groups is 1. The fourth-order valence-corrected chi connectivity index (χ4v) is 2.65. The van der Waals surface area contributed by atoms with Gasteiger partial charge in [0.1, 0.15) is 11.3 Å². The van der Waals surface area contributed by atoms with E-state index in [1.165, 1.54) is 0 Å². The Morgan fingerprint density at radius 2 is 1.76 bits per heavy atom. The molecule has 0 amide bonds. The van der Waals surface area contributed by atoms with Gasteiger partial charge in [-0.2, -0.15) is 0 Å². The molecule has 1 aliphatic heterocycles. The number of esters is 1. The van der Waals surface area contributed by atoms with Crippen LogP contribution < -0.4 is 0 Å². The molecule has 0 unspecified atom stereocenters. The molecule has 0 aliphatic carbocycles. The molecule has 1 aromatic carbocycles. The lowest BCUT2D eigenvalue weighted by atomic mass is 10.1. The molecule has 5 heteroatoms. The lowest BCUT2D eigenvalue weighted by Gasteiger charge is -2.02. The molecule has 1 heterocycles. The van der Waals surface area contributed by atoms with Crippen molar-refractivity contribution in [2.24, 2.45) is 0 Å². The van der Waals surface area contributed by atoms with Crippen molar-refractivity contribution in [2.45, 2.75) is 44.9 Å². The van der Waals surface area contributed by atoms with Gasteiger partial charge in [-0.15, -0.1) is 0 Å². The van der Waals surface area contributed by atoms with E-state index in [0.717, 1.165) is 44.1 Å². The predicted octanol–water partition coefficient (Wildman–Crippen LogP) is 4.36. The zero-order valence-electron chi connectivity index (χ0n) is 14.0. The van der Waals surface area contributed by atoms with Gasteiger partial charge >= 0.3 is 5.97 Å². The normalized spacial score (nSPS) is 15.6. The quantitative estimate of drug-likeness (QED) is 0.196. The summed E-state index contributed by atoms with van der Waals surface area (Å²) in [5, 5.41) is 10.5. The monoisotopic (exact) mass is 360 g/mol. The first kappa shape index (κ1) is 19.1. The first-order chi connectivity index (χ1) is 12.1. The van der Waals surface area contributed by atoms with Crippen molar-refractivity contribution >= 4 is 23.4 Å². The minimum Gasteiger partial charge on any atom is -0.511 e. The van der Waals surface area contributed by atoms with Crippen LogP contribution in [0.3, 0.4) is 0 Å². The number of ketones is 1. The van der Waals surface area contributed by atoms with Gasteiger partial charge in [-0.3, -0.25) is 4.79 Å². The summed E-state index contributed by atoms with van der Waals surface area (Å²) in [5.74, 6) is 4.98. The summed E-state index contributed by atoms with van der Waals surface area (Å²) >= 11 is 5.82. The van der Waals surface area contributed by atoms with Gasteiger partial charge in [0, 0.05) is 23.4 Å². The van der Waals surface area contributed by atoms with E-state index in [2.05, 4.69) is 16.6 Å². The molecule has 1 N–H and O–H groups in total. The summed E-state index contributed by atoms with van der Waals surface area (Å²) in [6.07, 6.45) is 5.98. The second-order valence-corrected chi connectivity index (χ2v) is 6.33. The molecule has 1 saturated heterocycles. The van der Waals surface area contributed by atoms with Gasteiger partial charge in [0.05, 0.1) is 0 Å². The van der Waals surface area contributed by atoms with Gasteiger partial charge in [0.15, 0.2) is 6.61 Å². The first-order valence-corrected chi connectivity index (χ1v) is 8.82. The topological polar surface area (TPSA) is 63.6 Å².